The Morgan fingerprint density at radius 1 is 1.28 bits per heavy atom. The molecule has 1 aromatic heterocycles. The number of nitrogens with two attached hydrogens (primary N) is 1. The van der Waals surface area contributed by atoms with Gasteiger partial charge in [-0.2, -0.15) is 0 Å². The molecule has 1 aromatic carbocycles. The summed E-state index contributed by atoms with van der Waals surface area (Å²) in [6, 6.07) is 5.53. The van der Waals surface area contributed by atoms with Gasteiger partial charge in [-0.1, -0.05) is 18.1 Å². The molecule has 1 heterocycles. The molecule has 0 radical (unpaired) electrons. The second-order valence-electron chi connectivity index (χ2n) is 3.80. The lowest BCUT2D eigenvalue weighted by Crippen LogP contribution is -1.96. The van der Waals surface area contributed by atoms with Crippen LogP contribution in [0.15, 0.2) is 22.7 Å². The first kappa shape index (κ1) is 12.3. The van der Waals surface area contributed by atoms with Gasteiger partial charge in [-0.05, 0) is 18.1 Å². The number of hydrogen-bond acceptors (Lipinski definition) is 5. The highest BCUT2D eigenvalue weighted by molar-refractivity contribution is 5.75. The number of ether oxygens (including phenoxy) is 2. The third-order valence-electron chi connectivity index (χ3n) is 2.79. The van der Waals surface area contributed by atoms with Crippen molar-refractivity contribution in [3.63, 3.8) is 0 Å². The van der Waals surface area contributed by atoms with Crippen molar-refractivity contribution < 1.29 is 14.0 Å². The van der Waals surface area contributed by atoms with Crippen molar-refractivity contribution in [3.05, 3.63) is 23.8 Å². The van der Waals surface area contributed by atoms with Crippen molar-refractivity contribution in [2.24, 2.45) is 0 Å². The van der Waals surface area contributed by atoms with Crippen molar-refractivity contribution in [1.82, 2.24) is 5.16 Å². The Bertz CT molecular complexity index is 549. The number of aryl methyl sites for hydroxylation is 1. The third kappa shape index (κ3) is 1.99. The van der Waals surface area contributed by atoms with Crippen molar-refractivity contribution in [3.8, 4) is 22.8 Å². The molecule has 5 nitrogen and oxygen atoms in total. The van der Waals surface area contributed by atoms with Gasteiger partial charge in [-0.25, -0.2) is 0 Å². The molecule has 2 rings (SSSR count). The number of nitrogen functional groups attached to an aromatic ring is 1. The average Bonchev–Trinajstić information content (AvgIpc) is 2.83. The van der Waals surface area contributed by atoms with Crippen molar-refractivity contribution in [1.29, 1.82) is 0 Å². The van der Waals surface area contributed by atoms with E-state index in [9.17, 15) is 0 Å². The highest BCUT2D eigenvalue weighted by Gasteiger charge is 2.19. The maximum Gasteiger partial charge on any atom is 0.173 e. The topological polar surface area (TPSA) is 70.5 Å². The van der Waals surface area contributed by atoms with Crippen LogP contribution in [0.5, 0.6) is 11.5 Å². The zero-order valence-electron chi connectivity index (χ0n) is 10.7. The molecule has 0 fully saturated rings. The van der Waals surface area contributed by atoms with E-state index in [0.29, 0.717) is 23.1 Å². The van der Waals surface area contributed by atoms with E-state index in [-0.39, 0.29) is 0 Å². The number of methoxy groups -OCH3 is 2. The molecule has 0 unspecified atom stereocenters. The van der Waals surface area contributed by atoms with Gasteiger partial charge in [-0.15, -0.1) is 0 Å². The molecular weight excluding hydrogens is 232 g/mol. The molecule has 18 heavy (non-hydrogen) atoms. The Labute approximate surface area is 105 Å². The van der Waals surface area contributed by atoms with Crippen molar-refractivity contribution in [2.75, 3.05) is 20.0 Å². The van der Waals surface area contributed by atoms with E-state index < -0.39 is 0 Å². The number of nitrogens with zero attached hydrogens (tertiary/aromatic N) is 1. The maximum absolute atomic E-state index is 5.59. The summed E-state index contributed by atoms with van der Waals surface area (Å²) >= 11 is 0. The molecule has 2 aromatic rings. The van der Waals surface area contributed by atoms with Gasteiger partial charge in [0.1, 0.15) is 0 Å². The Kier molecular flexibility index (Phi) is 3.41. The summed E-state index contributed by atoms with van der Waals surface area (Å²) in [7, 11) is 3.20. The molecular formula is C13H16N2O3. The second kappa shape index (κ2) is 5.00. The summed E-state index contributed by atoms with van der Waals surface area (Å²) in [5.74, 6) is 2.21. The average molecular weight is 248 g/mol. The summed E-state index contributed by atoms with van der Waals surface area (Å²) in [4.78, 5) is 0. The van der Waals surface area contributed by atoms with Crippen LogP contribution in [0.3, 0.4) is 0 Å². The van der Waals surface area contributed by atoms with Gasteiger partial charge in [0.2, 0.25) is 0 Å². The van der Waals surface area contributed by atoms with Gasteiger partial charge < -0.3 is 19.7 Å². The Morgan fingerprint density at radius 2 is 2.06 bits per heavy atom. The second-order valence-corrected chi connectivity index (χ2v) is 3.80. The molecule has 0 bridgehead atoms. The van der Waals surface area contributed by atoms with Crippen LogP contribution in [-0.2, 0) is 6.42 Å². The lowest BCUT2D eigenvalue weighted by molar-refractivity contribution is 0.353. The van der Waals surface area contributed by atoms with E-state index in [1.54, 1.807) is 20.3 Å². The van der Waals surface area contributed by atoms with Gasteiger partial charge >= 0.3 is 0 Å². The summed E-state index contributed by atoms with van der Waals surface area (Å²) < 4.78 is 15.9. The SMILES string of the molecule is CCc1ccc(OC)c(OC)c1-c1cc(N)no1. The van der Waals surface area contributed by atoms with E-state index in [1.807, 2.05) is 12.1 Å². The largest absolute Gasteiger partial charge is 0.493 e. The number of aromatic nitrogens is 1. The standard InChI is InChI=1S/C13H16N2O3/c1-4-8-5-6-9(16-2)13(17-3)12(8)10-7-11(14)15-18-10/h5-7H,4H2,1-3H3,(H2,14,15). The minimum atomic E-state index is 0.344. The fraction of sp³-hybridized carbons (Fsp3) is 0.308. The van der Waals surface area contributed by atoms with Crippen LogP contribution in [0.4, 0.5) is 5.82 Å². The minimum Gasteiger partial charge on any atom is -0.493 e. The first-order chi connectivity index (χ1) is 8.71. The number of rotatable bonds is 4. The van der Waals surface area contributed by atoms with Gasteiger partial charge in [-0.3, -0.25) is 0 Å². The zero-order valence-corrected chi connectivity index (χ0v) is 10.7. The van der Waals surface area contributed by atoms with Crippen LogP contribution in [0.2, 0.25) is 0 Å². The molecule has 0 aliphatic heterocycles. The summed E-state index contributed by atoms with van der Waals surface area (Å²) in [5.41, 5.74) is 7.52. The smallest absolute Gasteiger partial charge is 0.173 e. The highest BCUT2D eigenvalue weighted by Crippen LogP contribution is 2.41. The van der Waals surface area contributed by atoms with Crippen LogP contribution in [0.1, 0.15) is 12.5 Å². The summed E-state index contributed by atoms with van der Waals surface area (Å²) in [5, 5.41) is 3.71. The minimum absolute atomic E-state index is 0.344. The van der Waals surface area contributed by atoms with Gasteiger partial charge in [0, 0.05) is 6.07 Å². The summed E-state index contributed by atoms with van der Waals surface area (Å²) in [6.45, 7) is 2.06. The lowest BCUT2D eigenvalue weighted by atomic mass is 10.0. The number of benzene rings is 1. The van der Waals surface area contributed by atoms with E-state index in [2.05, 4.69) is 12.1 Å². The predicted molar refractivity (Wildman–Crippen MR) is 68.8 cm³/mol. The van der Waals surface area contributed by atoms with E-state index >= 15 is 0 Å². The molecule has 0 aliphatic carbocycles. The van der Waals surface area contributed by atoms with E-state index in [0.717, 1.165) is 17.5 Å². The quantitative estimate of drug-likeness (QED) is 0.900. The molecule has 0 spiro atoms. The molecule has 0 saturated carbocycles. The predicted octanol–water partition coefficient (Wildman–Crippen LogP) is 2.50. The molecule has 0 atom stereocenters. The third-order valence-corrected chi connectivity index (χ3v) is 2.79. The Morgan fingerprint density at radius 3 is 2.56 bits per heavy atom. The maximum atomic E-state index is 5.59. The van der Waals surface area contributed by atoms with Gasteiger partial charge in [0.05, 0.1) is 19.8 Å². The van der Waals surface area contributed by atoms with E-state index in [1.165, 1.54) is 0 Å². The number of anilines is 1. The van der Waals surface area contributed by atoms with Crippen LogP contribution < -0.4 is 15.2 Å². The van der Waals surface area contributed by atoms with Gasteiger partial charge in [0.25, 0.3) is 0 Å². The molecule has 96 valence electrons. The molecule has 2 N–H and O–H groups in total. The molecule has 0 aliphatic rings. The molecule has 5 heteroatoms. The Balaban J connectivity index is 2.68. The van der Waals surface area contributed by atoms with Crippen LogP contribution in [-0.4, -0.2) is 19.4 Å². The van der Waals surface area contributed by atoms with Crippen LogP contribution >= 0.6 is 0 Å². The first-order valence-corrected chi connectivity index (χ1v) is 5.67. The molecule has 0 amide bonds. The Hall–Kier alpha value is -2.17. The number of hydrogen-bond donors (Lipinski definition) is 1. The first-order valence-electron chi connectivity index (χ1n) is 5.67. The lowest BCUT2D eigenvalue weighted by Gasteiger charge is -2.14. The monoisotopic (exact) mass is 248 g/mol. The normalized spacial score (nSPS) is 10.4. The fourth-order valence-electron chi connectivity index (χ4n) is 1.94. The zero-order chi connectivity index (χ0) is 13.1. The fourth-order valence-corrected chi connectivity index (χ4v) is 1.94. The van der Waals surface area contributed by atoms with Crippen molar-refractivity contribution in [2.45, 2.75) is 13.3 Å². The highest BCUT2D eigenvalue weighted by atomic mass is 16.5. The van der Waals surface area contributed by atoms with Crippen molar-refractivity contribution >= 4 is 5.82 Å². The molecule has 0 saturated heterocycles. The summed E-state index contributed by atoms with van der Waals surface area (Å²) in [6.07, 6.45) is 0.844. The van der Waals surface area contributed by atoms with Gasteiger partial charge in [0.15, 0.2) is 23.1 Å². The van der Waals surface area contributed by atoms with Crippen LogP contribution in [0, 0.1) is 0 Å². The van der Waals surface area contributed by atoms with Crippen LogP contribution in [0.25, 0.3) is 11.3 Å². The van der Waals surface area contributed by atoms with E-state index in [4.69, 9.17) is 19.7 Å².